The zero-order chi connectivity index (χ0) is 21.3. The van der Waals surface area contributed by atoms with Gasteiger partial charge >= 0.3 is 0 Å². The standard InChI is InChI=1S/C27H30F2O/c1-3-5-6-7-8-20-9-11-21(12-10-20)24-17-18-25(27(29)26(24)28)22-13-15-23(16-14-22)30-19-4-2/h9-18H,3-8,19H2,1-2H3. The van der Waals surface area contributed by atoms with E-state index in [2.05, 4.69) is 6.92 Å². The average Bonchev–Trinajstić information content (AvgIpc) is 2.78. The van der Waals surface area contributed by atoms with Gasteiger partial charge in [0, 0.05) is 11.1 Å². The topological polar surface area (TPSA) is 9.23 Å². The van der Waals surface area contributed by atoms with Crippen molar-refractivity contribution in [1.82, 2.24) is 0 Å². The molecule has 0 radical (unpaired) electrons. The molecule has 0 aliphatic rings. The zero-order valence-electron chi connectivity index (χ0n) is 17.9. The van der Waals surface area contributed by atoms with E-state index in [4.69, 9.17) is 4.74 Å². The summed E-state index contributed by atoms with van der Waals surface area (Å²) in [5.41, 5.74) is 3.10. The van der Waals surface area contributed by atoms with E-state index < -0.39 is 11.6 Å². The van der Waals surface area contributed by atoms with E-state index in [1.165, 1.54) is 24.8 Å². The van der Waals surface area contributed by atoms with Crippen LogP contribution in [0.25, 0.3) is 22.3 Å². The lowest BCUT2D eigenvalue weighted by molar-refractivity contribution is 0.317. The molecule has 0 amide bonds. The third-order valence-corrected chi connectivity index (χ3v) is 5.30. The molecule has 3 aromatic carbocycles. The van der Waals surface area contributed by atoms with Crippen LogP contribution in [0.4, 0.5) is 8.78 Å². The molecule has 0 aromatic heterocycles. The van der Waals surface area contributed by atoms with Crippen LogP contribution in [0.5, 0.6) is 5.75 Å². The molecule has 158 valence electrons. The molecular formula is C27H30F2O. The molecule has 0 saturated heterocycles. The summed E-state index contributed by atoms with van der Waals surface area (Å²) < 4.78 is 35.3. The van der Waals surface area contributed by atoms with Crippen molar-refractivity contribution in [3.05, 3.63) is 77.9 Å². The summed E-state index contributed by atoms with van der Waals surface area (Å²) in [7, 11) is 0. The molecule has 0 heterocycles. The summed E-state index contributed by atoms with van der Waals surface area (Å²) >= 11 is 0. The predicted molar refractivity (Wildman–Crippen MR) is 121 cm³/mol. The van der Waals surface area contributed by atoms with Gasteiger partial charge < -0.3 is 4.74 Å². The van der Waals surface area contributed by atoms with Gasteiger partial charge in [0.25, 0.3) is 0 Å². The van der Waals surface area contributed by atoms with E-state index in [-0.39, 0.29) is 11.1 Å². The molecule has 30 heavy (non-hydrogen) atoms. The maximum atomic E-state index is 14.9. The van der Waals surface area contributed by atoms with Gasteiger partial charge in [-0.2, -0.15) is 0 Å². The van der Waals surface area contributed by atoms with Gasteiger partial charge in [0.1, 0.15) is 5.75 Å². The van der Waals surface area contributed by atoms with Crippen molar-refractivity contribution in [1.29, 1.82) is 0 Å². The van der Waals surface area contributed by atoms with Crippen LogP contribution in [-0.4, -0.2) is 6.61 Å². The molecule has 0 saturated carbocycles. The second-order valence-corrected chi connectivity index (χ2v) is 7.67. The van der Waals surface area contributed by atoms with Crippen molar-refractivity contribution >= 4 is 0 Å². The van der Waals surface area contributed by atoms with Crippen molar-refractivity contribution in [3.8, 4) is 28.0 Å². The molecule has 0 atom stereocenters. The normalized spacial score (nSPS) is 10.9. The van der Waals surface area contributed by atoms with Gasteiger partial charge in [-0.15, -0.1) is 0 Å². The van der Waals surface area contributed by atoms with Crippen LogP contribution in [0.1, 0.15) is 51.5 Å². The number of ether oxygens (including phenoxy) is 1. The van der Waals surface area contributed by atoms with E-state index in [1.54, 1.807) is 36.4 Å². The third-order valence-electron chi connectivity index (χ3n) is 5.30. The minimum Gasteiger partial charge on any atom is -0.494 e. The smallest absolute Gasteiger partial charge is 0.167 e. The highest BCUT2D eigenvalue weighted by atomic mass is 19.2. The van der Waals surface area contributed by atoms with E-state index in [0.717, 1.165) is 25.0 Å². The Hall–Kier alpha value is -2.68. The SMILES string of the molecule is CCCCCCc1ccc(-c2ccc(-c3ccc(OCCC)cc3)c(F)c2F)cc1. The molecule has 0 aliphatic carbocycles. The Kier molecular flexibility index (Phi) is 8.01. The molecule has 0 fully saturated rings. The van der Waals surface area contributed by atoms with Gasteiger partial charge in [0.2, 0.25) is 0 Å². The summed E-state index contributed by atoms with van der Waals surface area (Å²) in [6.07, 6.45) is 6.80. The summed E-state index contributed by atoms with van der Waals surface area (Å²) in [6, 6.07) is 18.2. The molecule has 0 N–H and O–H groups in total. The van der Waals surface area contributed by atoms with Crippen molar-refractivity contribution in [2.45, 2.75) is 52.4 Å². The number of unbranched alkanes of at least 4 members (excludes halogenated alkanes) is 3. The van der Waals surface area contributed by atoms with Gasteiger partial charge in [-0.05, 0) is 48.1 Å². The van der Waals surface area contributed by atoms with Crippen molar-refractivity contribution in [2.75, 3.05) is 6.61 Å². The van der Waals surface area contributed by atoms with Crippen LogP contribution >= 0.6 is 0 Å². The van der Waals surface area contributed by atoms with Crippen molar-refractivity contribution in [2.24, 2.45) is 0 Å². The van der Waals surface area contributed by atoms with Crippen LogP contribution in [0, 0.1) is 11.6 Å². The summed E-state index contributed by atoms with van der Waals surface area (Å²) in [6.45, 7) is 4.87. The van der Waals surface area contributed by atoms with Gasteiger partial charge in [-0.3, -0.25) is 0 Å². The lowest BCUT2D eigenvalue weighted by Gasteiger charge is -2.11. The van der Waals surface area contributed by atoms with E-state index in [1.807, 2.05) is 31.2 Å². The Balaban J connectivity index is 1.76. The van der Waals surface area contributed by atoms with E-state index in [0.29, 0.717) is 17.7 Å². The number of aryl methyl sites for hydroxylation is 1. The van der Waals surface area contributed by atoms with Gasteiger partial charge in [-0.25, -0.2) is 8.78 Å². The predicted octanol–water partition coefficient (Wildman–Crippen LogP) is 8.21. The summed E-state index contributed by atoms with van der Waals surface area (Å²) in [5.74, 6) is -0.902. The number of rotatable bonds is 10. The first-order valence-corrected chi connectivity index (χ1v) is 10.9. The average molecular weight is 409 g/mol. The molecule has 0 spiro atoms. The number of benzene rings is 3. The molecule has 0 bridgehead atoms. The minimum absolute atomic E-state index is 0.255. The second-order valence-electron chi connectivity index (χ2n) is 7.67. The molecule has 0 aliphatic heterocycles. The first kappa shape index (κ1) is 22.0. The summed E-state index contributed by atoms with van der Waals surface area (Å²) in [5, 5.41) is 0. The first-order chi connectivity index (χ1) is 14.6. The zero-order valence-corrected chi connectivity index (χ0v) is 17.9. The third kappa shape index (κ3) is 5.47. The van der Waals surface area contributed by atoms with Crippen LogP contribution < -0.4 is 4.74 Å². The lowest BCUT2D eigenvalue weighted by Crippen LogP contribution is -1.96. The van der Waals surface area contributed by atoms with Crippen LogP contribution in [-0.2, 0) is 6.42 Å². The Bertz CT molecular complexity index is 930. The molecule has 0 unspecified atom stereocenters. The Morgan fingerprint density at radius 3 is 1.73 bits per heavy atom. The van der Waals surface area contributed by atoms with Crippen LogP contribution in [0.2, 0.25) is 0 Å². The fourth-order valence-corrected chi connectivity index (χ4v) is 3.55. The number of hydrogen-bond acceptors (Lipinski definition) is 1. The van der Waals surface area contributed by atoms with E-state index >= 15 is 0 Å². The van der Waals surface area contributed by atoms with Crippen LogP contribution in [0.3, 0.4) is 0 Å². The Morgan fingerprint density at radius 2 is 1.20 bits per heavy atom. The monoisotopic (exact) mass is 408 g/mol. The van der Waals surface area contributed by atoms with Crippen LogP contribution in [0.15, 0.2) is 60.7 Å². The van der Waals surface area contributed by atoms with Gasteiger partial charge in [-0.1, -0.05) is 81.6 Å². The maximum absolute atomic E-state index is 14.9. The van der Waals surface area contributed by atoms with E-state index in [9.17, 15) is 8.78 Å². The highest BCUT2D eigenvalue weighted by molar-refractivity contribution is 5.72. The minimum atomic E-state index is -0.821. The second kappa shape index (κ2) is 10.9. The summed E-state index contributed by atoms with van der Waals surface area (Å²) in [4.78, 5) is 0. The fraction of sp³-hybridized carbons (Fsp3) is 0.333. The molecule has 1 nitrogen and oxygen atoms in total. The fourth-order valence-electron chi connectivity index (χ4n) is 3.55. The molecular weight excluding hydrogens is 378 g/mol. The maximum Gasteiger partial charge on any atom is 0.167 e. The molecule has 3 rings (SSSR count). The van der Waals surface area contributed by atoms with Crippen molar-refractivity contribution < 1.29 is 13.5 Å². The Labute approximate surface area is 178 Å². The first-order valence-electron chi connectivity index (χ1n) is 10.9. The Morgan fingerprint density at radius 1 is 0.633 bits per heavy atom. The molecule has 3 heteroatoms. The number of hydrogen-bond donors (Lipinski definition) is 0. The molecule has 3 aromatic rings. The van der Waals surface area contributed by atoms with Crippen molar-refractivity contribution in [3.63, 3.8) is 0 Å². The largest absolute Gasteiger partial charge is 0.494 e. The lowest BCUT2D eigenvalue weighted by atomic mass is 9.97. The number of halogens is 2. The highest BCUT2D eigenvalue weighted by Crippen LogP contribution is 2.32. The quantitative estimate of drug-likeness (QED) is 0.307. The van der Waals surface area contributed by atoms with Gasteiger partial charge in [0.05, 0.1) is 6.61 Å². The van der Waals surface area contributed by atoms with Gasteiger partial charge in [0.15, 0.2) is 11.6 Å². The highest BCUT2D eigenvalue weighted by Gasteiger charge is 2.16.